The number of nitro groups is 1. The zero-order chi connectivity index (χ0) is 20.6. The molecule has 0 atom stereocenters. The maximum atomic E-state index is 12.5. The Morgan fingerprint density at radius 2 is 1.79 bits per heavy atom. The van der Waals surface area contributed by atoms with Crippen molar-refractivity contribution in [3.05, 3.63) is 69.8 Å². The molecule has 0 heterocycles. The number of aryl methyl sites for hydroxylation is 1. The topological polar surface area (TPSA) is 147 Å². The quantitative estimate of drug-likeness (QED) is 0.263. The second-order valence-corrected chi connectivity index (χ2v) is 7.51. The van der Waals surface area contributed by atoms with Crippen LogP contribution in [0.25, 0.3) is 10.8 Å². The molecule has 0 aliphatic rings. The van der Waals surface area contributed by atoms with Gasteiger partial charge in [0.05, 0.1) is 15.5 Å². The molecule has 3 aromatic rings. The molecule has 0 aliphatic carbocycles. The molecular formula is C18H14N2O7S. The smallest absolute Gasteiger partial charge is 0.294 e. The highest BCUT2D eigenvalue weighted by atomic mass is 32.2. The van der Waals surface area contributed by atoms with Gasteiger partial charge in [-0.2, -0.15) is 8.42 Å². The Hall–Kier alpha value is -3.50. The van der Waals surface area contributed by atoms with Crippen molar-refractivity contribution in [1.29, 1.82) is 0 Å². The van der Waals surface area contributed by atoms with Crippen LogP contribution in [0.2, 0.25) is 0 Å². The molecule has 0 spiro atoms. The lowest BCUT2D eigenvalue weighted by Crippen LogP contribution is -2.14. The van der Waals surface area contributed by atoms with Crippen LogP contribution in [0.5, 0.6) is 5.75 Å². The molecule has 0 saturated heterocycles. The van der Waals surface area contributed by atoms with Gasteiger partial charge in [-0.3, -0.25) is 19.5 Å². The number of nitrogens with one attached hydrogen (secondary N) is 1. The van der Waals surface area contributed by atoms with Gasteiger partial charge in [0.15, 0.2) is 0 Å². The Bertz CT molecular complexity index is 1240. The number of nitrogens with zero attached hydrogens (tertiary/aromatic N) is 1. The number of carbonyl (C=O) groups excluding carboxylic acids is 1. The summed E-state index contributed by atoms with van der Waals surface area (Å²) in [7, 11) is -4.40. The summed E-state index contributed by atoms with van der Waals surface area (Å²) >= 11 is 0. The van der Waals surface area contributed by atoms with E-state index < -0.39 is 20.9 Å². The number of nitro benzene ring substituents is 1. The second-order valence-electron chi connectivity index (χ2n) is 6.09. The van der Waals surface area contributed by atoms with Crippen LogP contribution in [0.1, 0.15) is 15.9 Å². The third kappa shape index (κ3) is 3.77. The summed E-state index contributed by atoms with van der Waals surface area (Å²) in [5.74, 6) is -1.15. The number of hydrogen-bond donors (Lipinski definition) is 3. The average molecular weight is 402 g/mol. The fourth-order valence-electron chi connectivity index (χ4n) is 2.70. The first kappa shape index (κ1) is 19.3. The number of amides is 1. The van der Waals surface area contributed by atoms with Gasteiger partial charge in [-0.1, -0.05) is 12.1 Å². The number of carbonyl (C=O) groups is 1. The molecule has 9 nitrogen and oxygen atoms in total. The molecule has 144 valence electrons. The van der Waals surface area contributed by atoms with Crippen molar-refractivity contribution in [2.24, 2.45) is 0 Å². The summed E-state index contributed by atoms with van der Waals surface area (Å²) in [5, 5.41) is 24.5. The fourth-order valence-corrected chi connectivity index (χ4v) is 3.22. The molecule has 3 N–H and O–H groups in total. The van der Waals surface area contributed by atoms with Crippen molar-refractivity contribution in [2.45, 2.75) is 11.8 Å². The lowest BCUT2D eigenvalue weighted by atomic mass is 10.1. The summed E-state index contributed by atoms with van der Waals surface area (Å²) in [6.45, 7) is 1.68. The number of rotatable bonds is 4. The molecule has 0 bridgehead atoms. The van der Waals surface area contributed by atoms with Gasteiger partial charge in [0.25, 0.3) is 21.7 Å². The van der Waals surface area contributed by atoms with Gasteiger partial charge in [-0.15, -0.1) is 0 Å². The van der Waals surface area contributed by atoms with Gasteiger partial charge in [0, 0.05) is 6.07 Å². The SMILES string of the molecule is Cc1ccc([N+](=O)[O-])c(C(=O)Nc2cc3ccc(S(=O)(=O)O)cc3cc2O)c1. The Labute approximate surface area is 159 Å². The molecule has 0 unspecified atom stereocenters. The average Bonchev–Trinajstić information content (AvgIpc) is 2.60. The minimum Gasteiger partial charge on any atom is -0.506 e. The van der Waals surface area contributed by atoms with Gasteiger partial charge in [-0.05, 0) is 53.6 Å². The second kappa shape index (κ2) is 6.91. The van der Waals surface area contributed by atoms with Gasteiger partial charge in [0.2, 0.25) is 0 Å². The summed E-state index contributed by atoms with van der Waals surface area (Å²) in [6, 6.07) is 10.4. The predicted octanol–water partition coefficient (Wildman–Crippen LogP) is 3.26. The monoisotopic (exact) mass is 402 g/mol. The van der Waals surface area contributed by atoms with Gasteiger partial charge in [0.1, 0.15) is 11.3 Å². The van der Waals surface area contributed by atoms with E-state index in [0.29, 0.717) is 16.3 Å². The maximum absolute atomic E-state index is 12.5. The van der Waals surface area contributed by atoms with Crippen LogP contribution >= 0.6 is 0 Å². The standard InChI is InChI=1S/C18H14N2O7S/c1-10-2-5-16(20(23)24)14(6-10)18(22)19-15-8-11-3-4-13(28(25,26)27)7-12(11)9-17(15)21/h2-9,21H,1H3,(H,19,22)(H,25,26,27). The zero-order valence-electron chi connectivity index (χ0n) is 14.4. The highest BCUT2D eigenvalue weighted by molar-refractivity contribution is 7.85. The minimum atomic E-state index is -4.40. The summed E-state index contributed by atoms with van der Waals surface area (Å²) in [5.41, 5.74) is 0.108. The normalized spacial score (nSPS) is 11.4. The largest absolute Gasteiger partial charge is 0.506 e. The van der Waals surface area contributed by atoms with E-state index in [2.05, 4.69) is 5.32 Å². The molecule has 3 rings (SSSR count). The minimum absolute atomic E-state index is 0.00657. The van der Waals surface area contributed by atoms with Crippen LogP contribution in [0.3, 0.4) is 0 Å². The van der Waals surface area contributed by atoms with Crippen molar-refractivity contribution in [3.63, 3.8) is 0 Å². The van der Waals surface area contributed by atoms with Crippen molar-refractivity contribution in [1.82, 2.24) is 0 Å². The Morgan fingerprint density at radius 3 is 2.43 bits per heavy atom. The number of phenols is 1. The molecule has 0 aromatic heterocycles. The van der Waals surface area contributed by atoms with E-state index in [1.165, 1.54) is 48.5 Å². The third-order valence-electron chi connectivity index (χ3n) is 4.07. The number of anilines is 1. The van der Waals surface area contributed by atoms with Crippen molar-refractivity contribution in [2.75, 3.05) is 5.32 Å². The Morgan fingerprint density at radius 1 is 1.07 bits per heavy atom. The number of phenolic OH excluding ortho intramolecular Hbond substituents is 1. The molecule has 0 aliphatic heterocycles. The third-order valence-corrected chi connectivity index (χ3v) is 4.92. The van der Waals surface area contributed by atoms with Crippen LogP contribution in [-0.2, 0) is 10.1 Å². The molecule has 0 fully saturated rings. The molecule has 1 amide bonds. The van der Waals surface area contributed by atoms with E-state index in [9.17, 15) is 28.4 Å². The first-order chi connectivity index (χ1) is 13.1. The van der Waals surface area contributed by atoms with Crippen molar-refractivity contribution in [3.8, 4) is 5.75 Å². The van der Waals surface area contributed by atoms with E-state index in [1.807, 2.05) is 0 Å². The zero-order valence-corrected chi connectivity index (χ0v) is 15.2. The van der Waals surface area contributed by atoms with E-state index in [1.54, 1.807) is 6.92 Å². The van der Waals surface area contributed by atoms with E-state index in [0.717, 1.165) is 0 Å². The number of hydrogen-bond acceptors (Lipinski definition) is 6. The lowest BCUT2D eigenvalue weighted by molar-refractivity contribution is -0.385. The van der Waals surface area contributed by atoms with Crippen molar-refractivity contribution < 1.29 is 27.8 Å². The lowest BCUT2D eigenvalue weighted by Gasteiger charge is -2.10. The van der Waals surface area contributed by atoms with Crippen LogP contribution in [0, 0.1) is 17.0 Å². The maximum Gasteiger partial charge on any atom is 0.294 e. The number of aromatic hydroxyl groups is 1. The van der Waals surface area contributed by atoms with Crippen LogP contribution < -0.4 is 5.32 Å². The van der Waals surface area contributed by atoms with Crippen molar-refractivity contribution >= 4 is 38.2 Å². The van der Waals surface area contributed by atoms with E-state index >= 15 is 0 Å². The summed E-state index contributed by atoms with van der Waals surface area (Å²) in [4.78, 5) is 22.7. The van der Waals surface area contributed by atoms with E-state index in [4.69, 9.17) is 4.55 Å². The molecule has 0 saturated carbocycles. The van der Waals surface area contributed by atoms with E-state index in [-0.39, 0.29) is 27.6 Å². The fraction of sp³-hybridized carbons (Fsp3) is 0.0556. The van der Waals surface area contributed by atoms with Gasteiger partial charge in [-0.25, -0.2) is 0 Å². The highest BCUT2D eigenvalue weighted by Gasteiger charge is 2.21. The molecule has 0 radical (unpaired) electrons. The number of fused-ring (bicyclic) bond motifs is 1. The molecule has 3 aromatic carbocycles. The Balaban J connectivity index is 2.01. The van der Waals surface area contributed by atoms with Crippen LogP contribution in [0.4, 0.5) is 11.4 Å². The molecule has 28 heavy (non-hydrogen) atoms. The Kier molecular flexibility index (Phi) is 4.75. The molecular weight excluding hydrogens is 388 g/mol. The van der Waals surface area contributed by atoms with Gasteiger partial charge >= 0.3 is 0 Å². The highest BCUT2D eigenvalue weighted by Crippen LogP contribution is 2.32. The van der Waals surface area contributed by atoms with Crippen LogP contribution in [-0.4, -0.2) is 28.9 Å². The summed E-state index contributed by atoms with van der Waals surface area (Å²) in [6.07, 6.45) is 0. The first-order valence-corrected chi connectivity index (χ1v) is 9.31. The predicted molar refractivity (Wildman–Crippen MR) is 101 cm³/mol. The van der Waals surface area contributed by atoms with Gasteiger partial charge < -0.3 is 10.4 Å². The number of benzene rings is 3. The molecule has 10 heteroatoms. The van der Waals surface area contributed by atoms with Crippen LogP contribution in [0.15, 0.2) is 53.4 Å². The first-order valence-electron chi connectivity index (χ1n) is 7.87. The summed E-state index contributed by atoms with van der Waals surface area (Å²) < 4.78 is 31.6.